The number of amides is 1. The Morgan fingerprint density at radius 2 is 2.00 bits per heavy atom. The third kappa shape index (κ3) is 4.47. The number of hydrogen-bond donors (Lipinski definition) is 1. The summed E-state index contributed by atoms with van der Waals surface area (Å²) in [7, 11) is 0. The summed E-state index contributed by atoms with van der Waals surface area (Å²) < 4.78 is 0. The van der Waals surface area contributed by atoms with Gasteiger partial charge in [-0.05, 0) is 76.0 Å². The highest BCUT2D eigenvalue weighted by Gasteiger charge is 2.29. The van der Waals surface area contributed by atoms with Gasteiger partial charge in [0, 0.05) is 31.9 Å². The molecule has 132 valence electrons. The smallest absolute Gasteiger partial charge is 0.227 e. The molecule has 5 heteroatoms. The van der Waals surface area contributed by atoms with E-state index in [4.69, 9.17) is 12.2 Å². The van der Waals surface area contributed by atoms with Gasteiger partial charge < -0.3 is 15.1 Å². The van der Waals surface area contributed by atoms with E-state index in [0.717, 1.165) is 43.3 Å². The Labute approximate surface area is 151 Å². The first-order chi connectivity index (χ1) is 11.5. The van der Waals surface area contributed by atoms with Crippen LogP contribution < -0.4 is 5.32 Å². The summed E-state index contributed by atoms with van der Waals surface area (Å²) in [6, 6.07) is 6.27. The number of anilines is 1. The Hall–Kier alpha value is -1.62. The van der Waals surface area contributed by atoms with Crippen LogP contribution in [-0.2, 0) is 4.79 Å². The lowest BCUT2D eigenvalue weighted by molar-refractivity contribution is -0.136. The van der Waals surface area contributed by atoms with Gasteiger partial charge in [-0.25, -0.2) is 0 Å². The van der Waals surface area contributed by atoms with Crippen LogP contribution in [0.3, 0.4) is 0 Å². The molecule has 0 saturated carbocycles. The van der Waals surface area contributed by atoms with Crippen molar-refractivity contribution in [3.05, 3.63) is 29.3 Å². The Kier molecular flexibility index (Phi) is 6.60. The Balaban J connectivity index is 1.99. The second-order valence-electron chi connectivity index (χ2n) is 6.52. The van der Waals surface area contributed by atoms with E-state index in [2.05, 4.69) is 42.3 Å². The minimum Gasteiger partial charge on any atom is -0.348 e. The van der Waals surface area contributed by atoms with Gasteiger partial charge >= 0.3 is 0 Å². The van der Waals surface area contributed by atoms with E-state index >= 15 is 0 Å². The normalized spacial score (nSPS) is 17.5. The molecule has 1 heterocycles. The Morgan fingerprint density at radius 3 is 2.62 bits per heavy atom. The molecule has 0 aliphatic carbocycles. The number of carbonyl (C=O) groups is 1. The number of thiocarbonyl (C=S) groups is 1. The molecule has 4 nitrogen and oxygen atoms in total. The number of carbonyl (C=O) groups excluding carboxylic acids is 1. The molecule has 0 bridgehead atoms. The first-order valence-electron chi connectivity index (χ1n) is 8.88. The van der Waals surface area contributed by atoms with Crippen molar-refractivity contribution in [3.63, 3.8) is 0 Å². The quantitative estimate of drug-likeness (QED) is 0.845. The molecular weight excluding hydrogens is 318 g/mol. The summed E-state index contributed by atoms with van der Waals surface area (Å²) in [5.41, 5.74) is 3.53. The van der Waals surface area contributed by atoms with Crippen LogP contribution in [0.4, 0.5) is 5.69 Å². The lowest BCUT2D eigenvalue weighted by Gasteiger charge is -2.36. The van der Waals surface area contributed by atoms with E-state index in [1.165, 1.54) is 11.1 Å². The number of benzene rings is 1. The number of aryl methyl sites for hydroxylation is 2. The summed E-state index contributed by atoms with van der Waals surface area (Å²) in [6.07, 6.45) is 1.96. The summed E-state index contributed by atoms with van der Waals surface area (Å²) >= 11 is 5.58. The molecule has 1 amide bonds. The monoisotopic (exact) mass is 347 g/mol. The van der Waals surface area contributed by atoms with Gasteiger partial charge in [-0.2, -0.15) is 0 Å². The predicted molar refractivity (Wildman–Crippen MR) is 104 cm³/mol. The number of nitrogens with one attached hydrogen (secondary N) is 1. The van der Waals surface area contributed by atoms with Crippen LogP contribution in [0.15, 0.2) is 18.2 Å². The fraction of sp³-hybridized carbons (Fsp3) is 0.579. The largest absolute Gasteiger partial charge is 0.348 e. The molecule has 1 atom stereocenters. The summed E-state index contributed by atoms with van der Waals surface area (Å²) in [4.78, 5) is 16.7. The maximum atomic E-state index is 12.6. The second-order valence-corrected chi connectivity index (χ2v) is 6.91. The average Bonchev–Trinajstić information content (AvgIpc) is 2.59. The first-order valence-corrected chi connectivity index (χ1v) is 9.29. The molecule has 1 aliphatic rings. The molecule has 1 unspecified atom stereocenters. The highest BCUT2D eigenvalue weighted by molar-refractivity contribution is 7.80. The summed E-state index contributed by atoms with van der Waals surface area (Å²) in [5, 5.41) is 4.05. The molecule has 1 aromatic rings. The van der Waals surface area contributed by atoms with E-state index in [-0.39, 0.29) is 11.8 Å². The Bertz CT molecular complexity index is 598. The van der Waals surface area contributed by atoms with Crippen molar-refractivity contribution < 1.29 is 4.79 Å². The van der Waals surface area contributed by atoms with Crippen molar-refractivity contribution in [2.45, 2.75) is 40.5 Å². The van der Waals surface area contributed by atoms with Gasteiger partial charge in [0.15, 0.2) is 5.11 Å². The zero-order valence-corrected chi connectivity index (χ0v) is 16.1. The maximum absolute atomic E-state index is 12.6. The van der Waals surface area contributed by atoms with Crippen molar-refractivity contribution in [2.24, 2.45) is 5.92 Å². The van der Waals surface area contributed by atoms with Crippen LogP contribution in [0, 0.1) is 19.8 Å². The topological polar surface area (TPSA) is 35.6 Å². The second kappa shape index (κ2) is 8.47. The van der Waals surface area contributed by atoms with Gasteiger partial charge in [0.1, 0.15) is 0 Å². The van der Waals surface area contributed by atoms with Gasteiger partial charge in [-0.3, -0.25) is 4.79 Å². The minimum absolute atomic E-state index is 0.0538. The zero-order valence-electron chi connectivity index (χ0n) is 15.3. The molecule has 1 N–H and O–H groups in total. The SMILES string of the molecule is CCN(CC)C(=O)C1CCCN(C(=S)Nc2ccc(C)c(C)c2)C1. The van der Waals surface area contributed by atoms with Gasteiger partial charge in [0.25, 0.3) is 0 Å². The van der Waals surface area contributed by atoms with Crippen molar-refractivity contribution in [1.29, 1.82) is 0 Å². The average molecular weight is 348 g/mol. The van der Waals surface area contributed by atoms with Crippen molar-refractivity contribution in [3.8, 4) is 0 Å². The predicted octanol–water partition coefficient (Wildman–Crippen LogP) is 3.58. The highest BCUT2D eigenvalue weighted by Crippen LogP contribution is 2.21. The standard InChI is InChI=1S/C19H29N3OS/c1-5-21(6-2)18(23)16-8-7-11-22(13-16)19(24)20-17-10-9-14(3)15(4)12-17/h9-10,12,16H,5-8,11,13H2,1-4H3,(H,20,24). The fourth-order valence-corrected chi connectivity index (χ4v) is 3.46. The molecule has 1 fully saturated rings. The van der Waals surface area contributed by atoms with Crippen molar-refractivity contribution in [1.82, 2.24) is 9.80 Å². The third-order valence-corrected chi connectivity index (χ3v) is 5.25. The fourth-order valence-electron chi connectivity index (χ4n) is 3.18. The van der Waals surface area contributed by atoms with Crippen LogP contribution in [0.2, 0.25) is 0 Å². The van der Waals surface area contributed by atoms with Gasteiger partial charge in [-0.1, -0.05) is 6.07 Å². The van der Waals surface area contributed by atoms with Crippen molar-refractivity contribution >= 4 is 28.9 Å². The van der Waals surface area contributed by atoms with Gasteiger partial charge in [0.05, 0.1) is 5.92 Å². The summed E-state index contributed by atoms with van der Waals surface area (Å²) in [6.45, 7) is 11.5. The van der Waals surface area contributed by atoms with Crippen molar-refractivity contribution in [2.75, 3.05) is 31.5 Å². The van der Waals surface area contributed by atoms with E-state index in [9.17, 15) is 4.79 Å². The molecule has 24 heavy (non-hydrogen) atoms. The van der Waals surface area contributed by atoms with Crippen LogP contribution in [0.1, 0.15) is 37.8 Å². The number of piperidine rings is 1. The van der Waals surface area contributed by atoms with Crippen LogP contribution in [0.25, 0.3) is 0 Å². The lowest BCUT2D eigenvalue weighted by Crippen LogP contribution is -2.47. The summed E-state index contributed by atoms with van der Waals surface area (Å²) in [5.74, 6) is 0.317. The van der Waals surface area contributed by atoms with E-state index in [1.807, 2.05) is 18.7 Å². The maximum Gasteiger partial charge on any atom is 0.227 e. The number of hydrogen-bond acceptors (Lipinski definition) is 2. The van der Waals surface area contributed by atoms with Gasteiger partial charge in [0.2, 0.25) is 5.91 Å². The third-order valence-electron chi connectivity index (χ3n) is 4.89. The molecule has 1 aliphatic heterocycles. The van der Waals surface area contributed by atoms with Gasteiger partial charge in [-0.15, -0.1) is 0 Å². The number of nitrogens with zero attached hydrogens (tertiary/aromatic N) is 2. The molecule has 2 rings (SSSR count). The first kappa shape index (κ1) is 18.7. The van der Waals surface area contributed by atoms with E-state index < -0.39 is 0 Å². The van der Waals surface area contributed by atoms with Crippen LogP contribution >= 0.6 is 12.2 Å². The molecule has 1 aromatic carbocycles. The Morgan fingerprint density at radius 1 is 1.29 bits per heavy atom. The highest BCUT2D eigenvalue weighted by atomic mass is 32.1. The molecular formula is C19H29N3OS. The lowest BCUT2D eigenvalue weighted by atomic mass is 9.96. The van der Waals surface area contributed by atoms with Crippen LogP contribution in [0.5, 0.6) is 0 Å². The minimum atomic E-state index is 0.0538. The molecule has 0 aromatic heterocycles. The number of rotatable bonds is 4. The number of likely N-dealkylation sites (tertiary alicyclic amines) is 1. The molecule has 1 saturated heterocycles. The molecule has 0 radical (unpaired) electrons. The van der Waals surface area contributed by atoms with Crippen LogP contribution in [-0.4, -0.2) is 47.0 Å². The molecule has 0 spiro atoms. The zero-order chi connectivity index (χ0) is 17.7. The van der Waals surface area contributed by atoms with E-state index in [1.54, 1.807) is 0 Å². The van der Waals surface area contributed by atoms with E-state index in [0.29, 0.717) is 6.54 Å².